The maximum absolute atomic E-state index is 9.45. The lowest BCUT2D eigenvalue weighted by Crippen LogP contribution is -2.22. The van der Waals surface area contributed by atoms with E-state index in [2.05, 4.69) is 13.0 Å². The zero-order valence-electron chi connectivity index (χ0n) is 9.36. The Morgan fingerprint density at radius 2 is 2.20 bits per heavy atom. The van der Waals surface area contributed by atoms with Crippen molar-refractivity contribution in [3.63, 3.8) is 0 Å². The molecule has 1 aromatic carbocycles. The summed E-state index contributed by atoms with van der Waals surface area (Å²) in [5.74, 6) is 0.906. The summed E-state index contributed by atoms with van der Waals surface area (Å²) in [6.45, 7) is 2.38. The minimum atomic E-state index is -0.455. The number of aliphatic hydroxyl groups excluding tert-OH is 1. The van der Waals surface area contributed by atoms with Crippen molar-refractivity contribution in [1.29, 1.82) is 0 Å². The maximum atomic E-state index is 9.45. The fraction of sp³-hybridized carbons (Fsp3) is 0.500. The number of aryl methyl sites for hydroxylation is 1. The van der Waals surface area contributed by atoms with E-state index >= 15 is 0 Å². The molecule has 3 heteroatoms. The van der Waals surface area contributed by atoms with Crippen molar-refractivity contribution in [2.75, 3.05) is 13.7 Å². The standard InChI is InChI=1S/C12H19NO2/c1-3-10-6-9(7-11(14)8-13)4-5-12(10)15-2/h4-6,11,14H,3,7-8,13H2,1-2H3. The van der Waals surface area contributed by atoms with Gasteiger partial charge in [-0.25, -0.2) is 0 Å². The smallest absolute Gasteiger partial charge is 0.122 e. The molecule has 1 unspecified atom stereocenters. The van der Waals surface area contributed by atoms with E-state index in [0.29, 0.717) is 13.0 Å². The lowest BCUT2D eigenvalue weighted by atomic mass is 10.0. The van der Waals surface area contributed by atoms with Crippen LogP contribution in [0, 0.1) is 0 Å². The van der Waals surface area contributed by atoms with Crippen LogP contribution in [0.3, 0.4) is 0 Å². The van der Waals surface area contributed by atoms with Crippen LogP contribution in [0.5, 0.6) is 5.75 Å². The van der Waals surface area contributed by atoms with Crippen LogP contribution >= 0.6 is 0 Å². The van der Waals surface area contributed by atoms with E-state index in [0.717, 1.165) is 17.7 Å². The predicted molar refractivity (Wildman–Crippen MR) is 61.1 cm³/mol. The van der Waals surface area contributed by atoms with Crippen LogP contribution < -0.4 is 10.5 Å². The Morgan fingerprint density at radius 3 is 2.73 bits per heavy atom. The highest BCUT2D eigenvalue weighted by molar-refractivity contribution is 5.37. The molecule has 0 radical (unpaired) electrons. The first-order chi connectivity index (χ1) is 7.21. The van der Waals surface area contributed by atoms with Gasteiger partial charge in [-0.1, -0.05) is 19.1 Å². The monoisotopic (exact) mass is 209 g/mol. The summed E-state index contributed by atoms with van der Waals surface area (Å²) < 4.78 is 5.24. The Balaban J connectivity index is 2.83. The molecule has 0 amide bonds. The lowest BCUT2D eigenvalue weighted by molar-refractivity contribution is 0.183. The molecule has 1 atom stereocenters. The molecule has 0 fully saturated rings. The molecule has 1 aromatic rings. The van der Waals surface area contributed by atoms with Gasteiger partial charge < -0.3 is 15.6 Å². The third-order valence-corrected chi connectivity index (χ3v) is 2.47. The fourth-order valence-corrected chi connectivity index (χ4v) is 1.59. The molecule has 0 heterocycles. The van der Waals surface area contributed by atoms with Crippen molar-refractivity contribution in [3.05, 3.63) is 29.3 Å². The topological polar surface area (TPSA) is 55.5 Å². The minimum Gasteiger partial charge on any atom is -0.496 e. The number of ether oxygens (including phenoxy) is 1. The van der Waals surface area contributed by atoms with Gasteiger partial charge >= 0.3 is 0 Å². The number of hydrogen-bond donors (Lipinski definition) is 2. The number of hydrogen-bond acceptors (Lipinski definition) is 3. The first kappa shape index (κ1) is 12.0. The summed E-state index contributed by atoms with van der Waals surface area (Å²) in [6.07, 6.45) is 1.08. The van der Waals surface area contributed by atoms with E-state index in [9.17, 15) is 5.11 Å². The van der Waals surface area contributed by atoms with Gasteiger partial charge in [0.15, 0.2) is 0 Å². The van der Waals surface area contributed by atoms with Gasteiger partial charge in [-0.15, -0.1) is 0 Å². The van der Waals surface area contributed by atoms with E-state index in [-0.39, 0.29) is 0 Å². The summed E-state index contributed by atoms with van der Waals surface area (Å²) in [4.78, 5) is 0. The summed E-state index contributed by atoms with van der Waals surface area (Å²) in [6, 6.07) is 5.98. The highest BCUT2D eigenvalue weighted by Crippen LogP contribution is 2.20. The number of nitrogens with two attached hydrogens (primary N) is 1. The summed E-state index contributed by atoms with van der Waals surface area (Å²) in [5, 5.41) is 9.45. The molecule has 0 aromatic heterocycles. The molecule has 0 bridgehead atoms. The Bertz CT molecular complexity index is 312. The second kappa shape index (κ2) is 5.73. The summed E-state index contributed by atoms with van der Waals surface area (Å²) in [5.41, 5.74) is 7.64. The first-order valence-corrected chi connectivity index (χ1v) is 5.25. The highest BCUT2D eigenvalue weighted by atomic mass is 16.5. The molecule has 1 rings (SSSR count). The van der Waals surface area contributed by atoms with Gasteiger partial charge in [0.1, 0.15) is 5.75 Å². The maximum Gasteiger partial charge on any atom is 0.122 e. The predicted octanol–water partition coefficient (Wildman–Crippen LogP) is 1.12. The quantitative estimate of drug-likeness (QED) is 0.764. The van der Waals surface area contributed by atoms with Crippen LogP contribution in [-0.2, 0) is 12.8 Å². The van der Waals surface area contributed by atoms with Gasteiger partial charge in [-0.05, 0) is 30.0 Å². The van der Waals surface area contributed by atoms with Crippen molar-refractivity contribution < 1.29 is 9.84 Å². The van der Waals surface area contributed by atoms with Gasteiger partial charge in [0, 0.05) is 6.54 Å². The van der Waals surface area contributed by atoms with E-state index < -0.39 is 6.10 Å². The molecular formula is C12H19NO2. The van der Waals surface area contributed by atoms with Crippen LogP contribution in [0.15, 0.2) is 18.2 Å². The molecule has 84 valence electrons. The third-order valence-electron chi connectivity index (χ3n) is 2.47. The summed E-state index contributed by atoms with van der Waals surface area (Å²) in [7, 11) is 1.67. The van der Waals surface area contributed by atoms with Gasteiger partial charge in [0.25, 0.3) is 0 Å². The fourth-order valence-electron chi connectivity index (χ4n) is 1.59. The zero-order chi connectivity index (χ0) is 11.3. The number of benzene rings is 1. The van der Waals surface area contributed by atoms with Crippen LogP contribution in [0.25, 0.3) is 0 Å². The largest absolute Gasteiger partial charge is 0.496 e. The normalized spacial score (nSPS) is 12.5. The van der Waals surface area contributed by atoms with Gasteiger partial charge in [-0.2, -0.15) is 0 Å². The molecule has 0 saturated heterocycles. The molecule has 0 aliphatic carbocycles. The Labute approximate surface area is 90.9 Å². The van der Waals surface area contributed by atoms with E-state index in [4.69, 9.17) is 10.5 Å². The second-order valence-electron chi connectivity index (χ2n) is 3.59. The van der Waals surface area contributed by atoms with Gasteiger partial charge in [-0.3, -0.25) is 0 Å². The zero-order valence-corrected chi connectivity index (χ0v) is 9.36. The van der Waals surface area contributed by atoms with E-state index in [1.807, 2.05) is 12.1 Å². The van der Waals surface area contributed by atoms with E-state index in [1.165, 1.54) is 5.56 Å². The Hall–Kier alpha value is -1.06. The molecular weight excluding hydrogens is 190 g/mol. The van der Waals surface area contributed by atoms with Crippen LogP contribution in [0.1, 0.15) is 18.1 Å². The molecule has 0 saturated carbocycles. The van der Waals surface area contributed by atoms with Crippen molar-refractivity contribution >= 4 is 0 Å². The Kier molecular flexibility index (Phi) is 4.59. The molecule has 0 aliphatic heterocycles. The number of methoxy groups -OCH3 is 1. The minimum absolute atomic E-state index is 0.299. The average Bonchev–Trinajstić information content (AvgIpc) is 2.28. The van der Waals surface area contributed by atoms with Crippen LogP contribution in [0.2, 0.25) is 0 Å². The molecule has 3 N–H and O–H groups in total. The van der Waals surface area contributed by atoms with Crippen molar-refractivity contribution in [2.45, 2.75) is 25.9 Å². The molecule has 3 nitrogen and oxygen atoms in total. The second-order valence-corrected chi connectivity index (χ2v) is 3.59. The lowest BCUT2D eigenvalue weighted by Gasteiger charge is -2.11. The van der Waals surface area contributed by atoms with Crippen molar-refractivity contribution in [2.24, 2.45) is 5.73 Å². The SMILES string of the molecule is CCc1cc(CC(O)CN)ccc1OC. The first-order valence-electron chi connectivity index (χ1n) is 5.25. The average molecular weight is 209 g/mol. The van der Waals surface area contributed by atoms with Gasteiger partial charge in [0.05, 0.1) is 13.2 Å². The van der Waals surface area contributed by atoms with Crippen molar-refractivity contribution in [3.8, 4) is 5.75 Å². The Morgan fingerprint density at radius 1 is 1.47 bits per heavy atom. The van der Waals surface area contributed by atoms with Gasteiger partial charge in [0.2, 0.25) is 0 Å². The molecule has 0 aliphatic rings. The summed E-state index contributed by atoms with van der Waals surface area (Å²) >= 11 is 0. The van der Waals surface area contributed by atoms with E-state index in [1.54, 1.807) is 7.11 Å². The number of aliphatic hydroxyl groups is 1. The third kappa shape index (κ3) is 3.22. The molecule has 15 heavy (non-hydrogen) atoms. The van der Waals surface area contributed by atoms with Crippen molar-refractivity contribution in [1.82, 2.24) is 0 Å². The van der Waals surface area contributed by atoms with Crippen LogP contribution in [0.4, 0.5) is 0 Å². The van der Waals surface area contributed by atoms with Crippen LogP contribution in [-0.4, -0.2) is 24.9 Å². The highest BCUT2D eigenvalue weighted by Gasteiger charge is 2.06. The molecule has 0 spiro atoms. The number of rotatable bonds is 5.